The van der Waals surface area contributed by atoms with Gasteiger partial charge in [-0.3, -0.25) is 4.79 Å². The molecule has 1 saturated heterocycles. The maximum absolute atomic E-state index is 11.8. The zero-order valence-electron chi connectivity index (χ0n) is 8.41. The summed E-state index contributed by atoms with van der Waals surface area (Å²) in [5.41, 5.74) is 0. The highest BCUT2D eigenvalue weighted by atomic mass is 16.5. The molecule has 76 valence electrons. The second-order valence-electron chi connectivity index (χ2n) is 3.45. The first kappa shape index (κ1) is 10.7. The summed E-state index contributed by atoms with van der Waals surface area (Å²) in [4.78, 5) is 11.8. The number of hydrogen-bond donors (Lipinski definition) is 0. The van der Waals surface area contributed by atoms with Crippen LogP contribution in [0.5, 0.6) is 0 Å². The molecule has 0 bridgehead atoms. The van der Waals surface area contributed by atoms with Crippen molar-refractivity contribution in [3.8, 4) is 0 Å². The lowest BCUT2D eigenvalue weighted by Crippen LogP contribution is -2.34. The first-order valence-electron chi connectivity index (χ1n) is 4.93. The molecule has 3 nitrogen and oxygen atoms in total. The van der Waals surface area contributed by atoms with Gasteiger partial charge in [0.2, 0.25) is 0 Å². The predicted octanol–water partition coefficient (Wildman–Crippen LogP) is 1.41. The van der Waals surface area contributed by atoms with E-state index in [0.717, 1.165) is 25.9 Å². The maximum Gasteiger partial charge on any atom is 0.166 e. The summed E-state index contributed by atoms with van der Waals surface area (Å²) < 4.78 is 10.4. The van der Waals surface area contributed by atoms with Gasteiger partial charge in [-0.25, -0.2) is 0 Å². The average Bonchev–Trinajstić information content (AvgIpc) is 2.21. The Morgan fingerprint density at radius 3 is 2.92 bits per heavy atom. The quantitative estimate of drug-likeness (QED) is 0.666. The van der Waals surface area contributed by atoms with Gasteiger partial charge < -0.3 is 9.47 Å². The Morgan fingerprint density at radius 1 is 1.69 bits per heavy atom. The van der Waals surface area contributed by atoms with Crippen molar-refractivity contribution in [2.75, 3.05) is 20.3 Å². The van der Waals surface area contributed by atoms with Gasteiger partial charge in [0.05, 0.1) is 6.61 Å². The number of methoxy groups -OCH3 is 1. The molecule has 13 heavy (non-hydrogen) atoms. The Bertz CT molecular complexity index is 158. The van der Waals surface area contributed by atoms with Crippen LogP contribution in [0.15, 0.2) is 0 Å². The summed E-state index contributed by atoms with van der Waals surface area (Å²) in [6.07, 6.45) is 2.48. The molecule has 0 amide bonds. The van der Waals surface area contributed by atoms with Crippen LogP contribution in [0, 0.1) is 5.92 Å². The Hall–Kier alpha value is -0.410. The third kappa shape index (κ3) is 2.78. The molecule has 0 aromatic rings. The van der Waals surface area contributed by atoms with Crippen LogP contribution in [0.25, 0.3) is 0 Å². The van der Waals surface area contributed by atoms with E-state index < -0.39 is 0 Å². The number of ether oxygens (including phenoxy) is 2. The van der Waals surface area contributed by atoms with Gasteiger partial charge in [0.1, 0.15) is 6.10 Å². The summed E-state index contributed by atoms with van der Waals surface area (Å²) in [6, 6.07) is 0. The SMILES string of the molecule is CCC(OC)C(=O)C1CCCOC1. The minimum absolute atomic E-state index is 0.0682. The van der Waals surface area contributed by atoms with Crippen molar-refractivity contribution in [2.45, 2.75) is 32.3 Å². The van der Waals surface area contributed by atoms with Crippen LogP contribution < -0.4 is 0 Å². The van der Waals surface area contributed by atoms with Gasteiger partial charge >= 0.3 is 0 Å². The first-order valence-corrected chi connectivity index (χ1v) is 4.93. The topological polar surface area (TPSA) is 35.5 Å². The number of ketones is 1. The van der Waals surface area contributed by atoms with Gasteiger partial charge in [-0.2, -0.15) is 0 Å². The van der Waals surface area contributed by atoms with Gasteiger partial charge in [-0.1, -0.05) is 6.92 Å². The molecule has 0 aromatic carbocycles. The molecule has 1 rings (SSSR count). The van der Waals surface area contributed by atoms with Gasteiger partial charge in [0.15, 0.2) is 5.78 Å². The predicted molar refractivity (Wildman–Crippen MR) is 49.6 cm³/mol. The lowest BCUT2D eigenvalue weighted by molar-refractivity contribution is -0.137. The molecule has 1 aliphatic rings. The molecule has 0 spiro atoms. The average molecular weight is 186 g/mol. The Labute approximate surface area is 79.4 Å². The van der Waals surface area contributed by atoms with Crippen LogP contribution in [-0.2, 0) is 14.3 Å². The normalized spacial score (nSPS) is 25.5. The number of Topliss-reactive ketones (excluding diaryl/α,β-unsaturated/α-hetero) is 1. The zero-order valence-corrected chi connectivity index (χ0v) is 8.41. The second kappa shape index (κ2) is 5.35. The van der Waals surface area contributed by atoms with Crippen LogP contribution >= 0.6 is 0 Å². The van der Waals surface area contributed by atoms with Crippen molar-refractivity contribution in [3.05, 3.63) is 0 Å². The molecule has 3 heteroatoms. The molecule has 0 N–H and O–H groups in total. The standard InChI is InChI=1S/C10H18O3/c1-3-9(12-2)10(11)8-5-4-6-13-7-8/h8-9H,3-7H2,1-2H3. The first-order chi connectivity index (χ1) is 6.29. The fourth-order valence-electron chi connectivity index (χ4n) is 1.71. The van der Waals surface area contributed by atoms with Crippen LogP contribution in [0.4, 0.5) is 0 Å². The van der Waals surface area contributed by atoms with Crippen molar-refractivity contribution in [2.24, 2.45) is 5.92 Å². The molecule has 1 heterocycles. The van der Waals surface area contributed by atoms with Crippen LogP contribution in [0.3, 0.4) is 0 Å². The number of carbonyl (C=O) groups excluding carboxylic acids is 1. The molecule has 1 fully saturated rings. The summed E-state index contributed by atoms with van der Waals surface area (Å²) >= 11 is 0. The molecule has 0 radical (unpaired) electrons. The van der Waals surface area contributed by atoms with E-state index >= 15 is 0 Å². The van der Waals surface area contributed by atoms with E-state index in [1.807, 2.05) is 6.92 Å². The van der Waals surface area contributed by atoms with Gasteiger partial charge in [-0.15, -0.1) is 0 Å². The van der Waals surface area contributed by atoms with Crippen LogP contribution in [0.2, 0.25) is 0 Å². The highest BCUT2D eigenvalue weighted by molar-refractivity contribution is 5.85. The Balaban J connectivity index is 2.44. The lowest BCUT2D eigenvalue weighted by Gasteiger charge is -2.24. The van der Waals surface area contributed by atoms with E-state index in [1.54, 1.807) is 7.11 Å². The van der Waals surface area contributed by atoms with Crippen molar-refractivity contribution < 1.29 is 14.3 Å². The summed E-state index contributed by atoms with van der Waals surface area (Å²) in [7, 11) is 1.59. The van der Waals surface area contributed by atoms with Crippen molar-refractivity contribution in [1.82, 2.24) is 0 Å². The molecule has 2 unspecified atom stereocenters. The van der Waals surface area contributed by atoms with Crippen molar-refractivity contribution in [3.63, 3.8) is 0 Å². The smallest absolute Gasteiger partial charge is 0.166 e. The number of hydrogen-bond acceptors (Lipinski definition) is 3. The fourth-order valence-corrected chi connectivity index (χ4v) is 1.71. The van der Waals surface area contributed by atoms with Crippen LogP contribution in [-0.4, -0.2) is 32.2 Å². The Kier molecular flexibility index (Phi) is 4.39. The van der Waals surface area contributed by atoms with Crippen LogP contribution in [0.1, 0.15) is 26.2 Å². The lowest BCUT2D eigenvalue weighted by atomic mass is 9.93. The number of carbonyl (C=O) groups is 1. The van der Waals surface area contributed by atoms with E-state index in [9.17, 15) is 4.79 Å². The zero-order chi connectivity index (χ0) is 9.68. The molecular formula is C10H18O3. The largest absolute Gasteiger partial charge is 0.381 e. The molecule has 2 atom stereocenters. The second-order valence-corrected chi connectivity index (χ2v) is 3.45. The third-order valence-electron chi connectivity index (χ3n) is 2.54. The minimum atomic E-state index is -0.230. The van der Waals surface area contributed by atoms with E-state index in [0.29, 0.717) is 6.61 Å². The highest BCUT2D eigenvalue weighted by Crippen LogP contribution is 2.17. The molecule has 0 aromatic heterocycles. The summed E-state index contributed by atoms with van der Waals surface area (Å²) in [5, 5.41) is 0. The van der Waals surface area contributed by atoms with Crippen molar-refractivity contribution >= 4 is 5.78 Å². The molecule has 1 aliphatic heterocycles. The highest BCUT2D eigenvalue weighted by Gasteiger charge is 2.27. The summed E-state index contributed by atoms with van der Waals surface area (Å²) in [5.74, 6) is 0.281. The Morgan fingerprint density at radius 2 is 2.46 bits per heavy atom. The van der Waals surface area contributed by atoms with Gasteiger partial charge in [0.25, 0.3) is 0 Å². The van der Waals surface area contributed by atoms with Gasteiger partial charge in [-0.05, 0) is 19.3 Å². The van der Waals surface area contributed by atoms with E-state index in [1.165, 1.54) is 0 Å². The molecule has 0 aliphatic carbocycles. The molecule has 0 saturated carbocycles. The monoisotopic (exact) mass is 186 g/mol. The number of rotatable bonds is 4. The molecular weight excluding hydrogens is 168 g/mol. The van der Waals surface area contributed by atoms with Crippen molar-refractivity contribution in [1.29, 1.82) is 0 Å². The maximum atomic E-state index is 11.8. The van der Waals surface area contributed by atoms with Gasteiger partial charge in [0, 0.05) is 19.6 Å². The van der Waals surface area contributed by atoms with E-state index in [-0.39, 0.29) is 17.8 Å². The summed E-state index contributed by atoms with van der Waals surface area (Å²) in [6.45, 7) is 3.35. The van der Waals surface area contributed by atoms with E-state index in [4.69, 9.17) is 9.47 Å². The minimum Gasteiger partial charge on any atom is -0.381 e. The third-order valence-corrected chi connectivity index (χ3v) is 2.54. The fraction of sp³-hybridized carbons (Fsp3) is 0.900. The van der Waals surface area contributed by atoms with E-state index in [2.05, 4.69) is 0 Å².